The van der Waals surface area contributed by atoms with Crippen molar-refractivity contribution < 1.29 is 0 Å². The summed E-state index contributed by atoms with van der Waals surface area (Å²) in [6, 6.07) is 7.86. The van der Waals surface area contributed by atoms with Crippen LogP contribution in [0.5, 0.6) is 0 Å². The second kappa shape index (κ2) is 9.47. The van der Waals surface area contributed by atoms with E-state index in [9.17, 15) is 0 Å². The van der Waals surface area contributed by atoms with Crippen molar-refractivity contribution in [3.8, 4) is 0 Å². The van der Waals surface area contributed by atoms with Crippen LogP contribution in [-0.4, -0.2) is 18.6 Å². The highest BCUT2D eigenvalue weighted by Gasteiger charge is 2.15. The Morgan fingerprint density at radius 2 is 1.90 bits per heavy atom. The van der Waals surface area contributed by atoms with Crippen LogP contribution in [0.1, 0.15) is 59.4 Å². The number of hydrogen-bond donors (Lipinski definition) is 1. The molecule has 0 radical (unpaired) electrons. The third-order valence-electron chi connectivity index (χ3n) is 3.91. The molecule has 0 bridgehead atoms. The maximum absolute atomic E-state index is 3.77. The fourth-order valence-electron chi connectivity index (χ4n) is 2.34. The molecule has 0 saturated heterocycles. The number of nitrogens with zero attached hydrogens (tertiary/aromatic N) is 1. The number of halogens is 1. The second-order valence-corrected chi connectivity index (χ2v) is 6.98. The van der Waals surface area contributed by atoms with Crippen LogP contribution in [-0.2, 0) is 6.54 Å². The van der Waals surface area contributed by atoms with Gasteiger partial charge in [0, 0.05) is 29.6 Å². The predicted molar refractivity (Wildman–Crippen MR) is 98.1 cm³/mol. The molecule has 0 fully saturated rings. The van der Waals surface area contributed by atoms with Crippen molar-refractivity contribution in [2.24, 2.45) is 0 Å². The van der Waals surface area contributed by atoms with E-state index in [1.165, 1.54) is 35.0 Å². The molecule has 21 heavy (non-hydrogen) atoms. The van der Waals surface area contributed by atoms with Gasteiger partial charge < -0.3 is 10.2 Å². The van der Waals surface area contributed by atoms with Gasteiger partial charge >= 0.3 is 0 Å². The molecule has 2 nitrogen and oxygen atoms in total. The van der Waals surface area contributed by atoms with E-state index in [0.717, 1.165) is 13.1 Å². The second-order valence-electron chi connectivity index (χ2n) is 6.13. The third kappa shape index (κ3) is 5.99. The lowest BCUT2D eigenvalue weighted by atomic mass is 10.1. The summed E-state index contributed by atoms with van der Waals surface area (Å²) in [5, 5.41) is 3.47. The van der Waals surface area contributed by atoms with Gasteiger partial charge in [0.1, 0.15) is 0 Å². The Morgan fingerprint density at radius 3 is 2.43 bits per heavy atom. The average Bonchev–Trinajstić information content (AvgIpc) is 2.46. The van der Waals surface area contributed by atoms with Gasteiger partial charge in [-0.25, -0.2) is 0 Å². The highest BCUT2D eigenvalue weighted by molar-refractivity contribution is 9.10. The first-order valence-corrected chi connectivity index (χ1v) is 9.07. The Balaban J connectivity index is 2.88. The number of anilines is 1. The standard InChI is InChI=1S/C18H31BrN2/c1-6-8-11-21(15(5)7-2)18-10-9-16(12-17(18)19)13-20-14(3)4/h9-10,12,14-15,20H,6-8,11,13H2,1-5H3. The van der Waals surface area contributed by atoms with Crippen LogP contribution in [0.3, 0.4) is 0 Å². The minimum absolute atomic E-state index is 0.518. The van der Waals surface area contributed by atoms with Crippen molar-refractivity contribution in [1.29, 1.82) is 0 Å². The number of unbranched alkanes of at least 4 members (excludes halogenated alkanes) is 1. The molecule has 0 aromatic heterocycles. The molecule has 0 spiro atoms. The van der Waals surface area contributed by atoms with Crippen LogP contribution >= 0.6 is 15.9 Å². The first-order chi connectivity index (χ1) is 9.99. The highest BCUT2D eigenvalue weighted by atomic mass is 79.9. The summed E-state index contributed by atoms with van der Waals surface area (Å²) in [6.45, 7) is 13.2. The minimum Gasteiger partial charge on any atom is -0.368 e. The van der Waals surface area contributed by atoms with Gasteiger partial charge in [0.15, 0.2) is 0 Å². The first kappa shape index (κ1) is 18.5. The van der Waals surface area contributed by atoms with Gasteiger partial charge in [0.05, 0.1) is 5.69 Å². The fourth-order valence-corrected chi connectivity index (χ4v) is 3.00. The molecule has 1 aromatic carbocycles. The lowest BCUT2D eigenvalue weighted by Gasteiger charge is -2.32. The molecular formula is C18H31BrN2. The molecule has 0 saturated carbocycles. The highest BCUT2D eigenvalue weighted by Crippen LogP contribution is 2.30. The Morgan fingerprint density at radius 1 is 1.19 bits per heavy atom. The van der Waals surface area contributed by atoms with Gasteiger partial charge in [0.25, 0.3) is 0 Å². The largest absolute Gasteiger partial charge is 0.368 e. The molecule has 1 unspecified atom stereocenters. The van der Waals surface area contributed by atoms with Crippen molar-refractivity contribution in [3.63, 3.8) is 0 Å². The fraction of sp³-hybridized carbons (Fsp3) is 0.667. The van der Waals surface area contributed by atoms with Gasteiger partial charge in [0.2, 0.25) is 0 Å². The number of hydrogen-bond acceptors (Lipinski definition) is 2. The zero-order chi connectivity index (χ0) is 15.8. The van der Waals surface area contributed by atoms with E-state index in [0.29, 0.717) is 12.1 Å². The SMILES string of the molecule is CCCCN(c1ccc(CNC(C)C)cc1Br)C(C)CC. The molecule has 0 amide bonds. The lowest BCUT2D eigenvalue weighted by Crippen LogP contribution is -2.33. The van der Waals surface area contributed by atoms with Crippen molar-refractivity contribution in [2.45, 2.75) is 72.5 Å². The first-order valence-electron chi connectivity index (χ1n) is 8.28. The molecule has 1 atom stereocenters. The van der Waals surface area contributed by atoms with Gasteiger partial charge in [-0.1, -0.05) is 40.2 Å². The maximum Gasteiger partial charge on any atom is 0.0513 e. The van der Waals surface area contributed by atoms with Crippen molar-refractivity contribution in [2.75, 3.05) is 11.4 Å². The quantitative estimate of drug-likeness (QED) is 0.642. The van der Waals surface area contributed by atoms with Gasteiger partial charge in [-0.3, -0.25) is 0 Å². The molecule has 3 heteroatoms. The summed E-state index contributed by atoms with van der Waals surface area (Å²) in [5.41, 5.74) is 2.66. The molecule has 0 aliphatic carbocycles. The molecule has 1 N–H and O–H groups in total. The Hall–Kier alpha value is -0.540. The van der Waals surface area contributed by atoms with E-state index in [4.69, 9.17) is 0 Å². The van der Waals surface area contributed by atoms with E-state index in [1.807, 2.05) is 0 Å². The zero-order valence-electron chi connectivity index (χ0n) is 14.2. The van der Waals surface area contributed by atoms with Crippen LogP contribution < -0.4 is 10.2 Å². The Kier molecular flexibility index (Phi) is 8.35. The monoisotopic (exact) mass is 354 g/mol. The van der Waals surface area contributed by atoms with Gasteiger partial charge in [-0.05, 0) is 53.4 Å². The topological polar surface area (TPSA) is 15.3 Å². The molecule has 0 aliphatic rings. The third-order valence-corrected chi connectivity index (χ3v) is 4.55. The maximum atomic E-state index is 3.77. The molecule has 0 aliphatic heterocycles. The summed E-state index contributed by atoms with van der Waals surface area (Å²) in [5.74, 6) is 0. The van der Waals surface area contributed by atoms with Gasteiger partial charge in [-0.15, -0.1) is 0 Å². The minimum atomic E-state index is 0.518. The summed E-state index contributed by atoms with van der Waals surface area (Å²) < 4.78 is 1.21. The van der Waals surface area contributed by atoms with E-state index in [2.05, 4.69) is 79.0 Å². The number of nitrogens with one attached hydrogen (secondary N) is 1. The lowest BCUT2D eigenvalue weighted by molar-refractivity contribution is 0.586. The Bertz CT molecular complexity index is 418. The molecule has 1 rings (SSSR count). The Labute approximate surface area is 139 Å². The molecule has 120 valence electrons. The van der Waals surface area contributed by atoms with E-state index < -0.39 is 0 Å². The van der Waals surface area contributed by atoms with Gasteiger partial charge in [-0.2, -0.15) is 0 Å². The van der Waals surface area contributed by atoms with Crippen LogP contribution in [0.15, 0.2) is 22.7 Å². The zero-order valence-corrected chi connectivity index (χ0v) is 15.8. The summed E-state index contributed by atoms with van der Waals surface area (Å²) in [4.78, 5) is 2.53. The predicted octanol–water partition coefficient (Wildman–Crippen LogP) is 5.35. The van der Waals surface area contributed by atoms with Crippen LogP contribution in [0, 0.1) is 0 Å². The number of benzene rings is 1. The molecule has 1 aromatic rings. The van der Waals surface area contributed by atoms with E-state index in [-0.39, 0.29) is 0 Å². The summed E-state index contributed by atoms with van der Waals surface area (Å²) in [7, 11) is 0. The van der Waals surface area contributed by atoms with E-state index in [1.54, 1.807) is 0 Å². The van der Waals surface area contributed by atoms with Crippen molar-refractivity contribution in [3.05, 3.63) is 28.2 Å². The smallest absolute Gasteiger partial charge is 0.0513 e. The number of rotatable bonds is 9. The molecule has 0 heterocycles. The summed E-state index contributed by atoms with van der Waals surface area (Å²) in [6.07, 6.45) is 3.65. The van der Waals surface area contributed by atoms with Crippen molar-refractivity contribution in [1.82, 2.24) is 5.32 Å². The van der Waals surface area contributed by atoms with Crippen molar-refractivity contribution >= 4 is 21.6 Å². The van der Waals surface area contributed by atoms with Crippen LogP contribution in [0.4, 0.5) is 5.69 Å². The average molecular weight is 355 g/mol. The normalized spacial score (nSPS) is 12.7. The van der Waals surface area contributed by atoms with Crippen LogP contribution in [0.25, 0.3) is 0 Å². The summed E-state index contributed by atoms with van der Waals surface area (Å²) >= 11 is 3.77. The molecular weight excluding hydrogens is 324 g/mol. The van der Waals surface area contributed by atoms with E-state index >= 15 is 0 Å². The van der Waals surface area contributed by atoms with Crippen LogP contribution in [0.2, 0.25) is 0 Å².